The van der Waals surface area contributed by atoms with E-state index in [0.29, 0.717) is 43.8 Å². The maximum absolute atomic E-state index is 13.9. The molecule has 1 amide bonds. The third kappa shape index (κ3) is 5.87. The Morgan fingerprint density at radius 1 is 1.14 bits per heavy atom. The van der Waals surface area contributed by atoms with Gasteiger partial charge in [0.05, 0.1) is 18.1 Å². The molecule has 6 nitrogen and oxygen atoms in total. The van der Waals surface area contributed by atoms with Crippen LogP contribution in [0.25, 0.3) is 0 Å². The fourth-order valence-electron chi connectivity index (χ4n) is 4.71. The van der Waals surface area contributed by atoms with Crippen LogP contribution in [0.3, 0.4) is 0 Å². The number of benzene rings is 2. The molecule has 0 bridgehead atoms. The van der Waals surface area contributed by atoms with Crippen LogP contribution in [0.15, 0.2) is 48.5 Å². The lowest BCUT2D eigenvalue weighted by atomic mass is 9.72. The van der Waals surface area contributed by atoms with Gasteiger partial charge < -0.3 is 20.1 Å². The highest BCUT2D eigenvalue weighted by Gasteiger charge is 2.46. The van der Waals surface area contributed by atoms with Crippen LogP contribution in [0.4, 0.5) is 20.2 Å². The summed E-state index contributed by atoms with van der Waals surface area (Å²) < 4.78 is 38.5. The molecule has 2 aliphatic rings. The number of nitrogens with one attached hydrogen (secondary N) is 2. The minimum Gasteiger partial charge on any atom is -0.381 e. The van der Waals surface area contributed by atoms with Crippen LogP contribution in [-0.4, -0.2) is 38.1 Å². The first-order valence-electron chi connectivity index (χ1n) is 11.9. The zero-order valence-electron chi connectivity index (χ0n) is 20.1. The number of amides is 1. The summed E-state index contributed by atoms with van der Waals surface area (Å²) in [7, 11) is 1.65. The van der Waals surface area contributed by atoms with E-state index in [-0.39, 0.29) is 42.3 Å². The van der Waals surface area contributed by atoms with Gasteiger partial charge in [-0.15, -0.1) is 0 Å². The molecule has 0 aromatic heterocycles. The number of Topliss-reactive ketones (excluding diaryl/α,β-unsaturated/α-hetero) is 1. The fourth-order valence-corrected chi connectivity index (χ4v) is 4.71. The number of ether oxygens (including phenoxy) is 2. The maximum atomic E-state index is 13.9. The number of alkyl halides is 2. The number of hydrogen-bond acceptors (Lipinski definition) is 5. The first-order valence-corrected chi connectivity index (χ1v) is 11.9. The van der Waals surface area contributed by atoms with Crippen molar-refractivity contribution in [3.8, 4) is 0 Å². The molecular formula is C27H32F2N2O4. The molecule has 8 heteroatoms. The summed E-state index contributed by atoms with van der Waals surface area (Å²) in [6, 6.07) is 13.5. The largest absolute Gasteiger partial charge is 0.381 e. The van der Waals surface area contributed by atoms with Gasteiger partial charge in [0.2, 0.25) is 5.91 Å². The molecule has 2 N–H and O–H groups in total. The van der Waals surface area contributed by atoms with Crippen molar-refractivity contribution in [3.63, 3.8) is 0 Å². The van der Waals surface area contributed by atoms with Crippen molar-refractivity contribution < 1.29 is 27.8 Å². The van der Waals surface area contributed by atoms with Crippen molar-refractivity contribution in [2.75, 3.05) is 25.6 Å². The van der Waals surface area contributed by atoms with Crippen LogP contribution < -0.4 is 10.6 Å². The Hall–Kier alpha value is -2.84. The van der Waals surface area contributed by atoms with Gasteiger partial charge in [-0.2, -0.15) is 0 Å². The Morgan fingerprint density at radius 2 is 1.86 bits per heavy atom. The number of halogens is 2. The van der Waals surface area contributed by atoms with Crippen LogP contribution in [0.1, 0.15) is 43.7 Å². The molecule has 35 heavy (non-hydrogen) atoms. The Kier molecular flexibility index (Phi) is 7.52. The van der Waals surface area contributed by atoms with Crippen LogP contribution in [-0.2, 0) is 31.5 Å². The highest BCUT2D eigenvalue weighted by molar-refractivity contribution is 5.91. The van der Waals surface area contributed by atoms with Gasteiger partial charge in [0, 0.05) is 56.5 Å². The first kappa shape index (κ1) is 25.3. The van der Waals surface area contributed by atoms with Crippen LogP contribution >= 0.6 is 0 Å². The molecule has 2 aromatic rings. The molecule has 1 aliphatic carbocycles. The van der Waals surface area contributed by atoms with Gasteiger partial charge in [-0.1, -0.05) is 30.3 Å². The normalized spacial score (nSPS) is 24.0. The molecule has 0 radical (unpaired) electrons. The van der Waals surface area contributed by atoms with Crippen molar-refractivity contribution in [2.45, 2.75) is 51.2 Å². The van der Waals surface area contributed by atoms with E-state index < -0.39 is 11.3 Å². The van der Waals surface area contributed by atoms with Crippen molar-refractivity contribution in [1.82, 2.24) is 5.32 Å². The molecule has 4 rings (SSSR count). The number of methoxy groups -OCH3 is 1. The second-order valence-electron chi connectivity index (χ2n) is 9.69. The van der Waals surface area contributed by atoms with Gasteiger partial charge in [-0.25, -0.2) is 8.78 Å². The first-order chi connectivity index (χ1) is 16.7. The number of carbonyl (C=O) groups excluding carboxylic acids is 2. The van der Waals surface area contributed by atoms with E-state index in [2.05, 4.69) is 10.6 Å². The zero-order chi connectivity index (χ0) is 25.1. The summed E-state index contributed by atoms with van der Waals surface area (Å²) in [6.07, 6.45) is 2.28. The third-order valence-electron chi connectivity index (χ3n) is 7.07. The van der Waals surface area contributed by atoms with Crippen molar-refractivity contribution in [3.05, 3.63) is 59.7 Å². The number of carbonyl (C=O) groups is 2. The van der Waals surface area contributed by atoms with Crippen LogP contribution in [0.2, 0.25) is 0 Å². The lowest BCUT2D eigenvalue weighted by Gasteiger charge is -2.35. The summed E-state index contributed by atoms with van der Waals surface area (Å²) in [4.78, 5) is 25.9. The summed E-state index contributed by atoms with van der Waals surface area (Å²) in [5.74, 6) is -3.07. The minimum absolute atomic E-state index is 0.0388. The molecule has 1 atom stereocenters. The summed E-state index contributed by atoms with van der Waals surface area (Å²) in [5.41, 5.74) is 0.969. The van der Waals surface area contributed by atoms with Crippen molar-refractivity contribution in [1.29, 1.82) is 0 Å². The van der Waals surface area contributed by atoms with Gasteiger partial charge in [-0.3, -0.25) is 9.59 Å². The van der Waals surface area contributed by atoms with Crippen molar-refractivity contribution >= 4 is 23.1 Å². The standard InChI is InChI=1S/C27H32F2N2O4/c1-26(28,29)22-5-3-4-6-23(22)31-20-9-7-18(8-10-20)16-30-25(33)27(11-12-35-17-27)15-24(32)19-13-21(14-19)34-2/h3-10,19,21,31H,11-17H2,1-2H3,(H,30,33)/t19?,21?,27-/m0/s1. The SMILES string of the molecule is COC1CC(C(=O)C[C@@]2(C(=O)NCc3ccc(Nc4ccccc4C(C)(F)F)cc3)CCOC2)C1. The summed E-state index contributed by atoms with van der Waals surface area (Å²) in [5, 5.41) is 6.01. The van der Waals surface area contributed by atoms with Gasteiger partial charge in [0.1, 0.15) is 5.78 Å². The van der Waals surface area contributed by atoms with Gasteiger partial charge in [0.25, 0.3) is 5.92 Å². The molecule has 1 aliphatic heterocycles. The molecule has 0 unspecified atom stereocenters. The quantitative estimate of drug-likeness (QED) is 0.497. The molecule has 1 saturated heterocycles. The Balaban J connectivity index is 1.34. The van der Waals surface area contributed by atoms with Gasteiger partial charge in [-0.05, 0) is 43.0 Å². The monoisotopic (exact) mass is 486 g/mol. The molecule has 1 heterocycles. The number of anilines is 2. The zero-order valence-corrected chi connectivity index (χ0v) is 20.1. The van der Waals surface area contributed by atoms with Gasteiger partial charge >= 0.3 is 0 Å². The summed E-state index contributed by atoms with van der Waals surface area (Å²) >= 11 is 0. The van der Waals surface area contributed by atoms with Crippen LogP contribution in [0.5, 0.6) is 0 Å². The molecule has 1 saturated carbocycles. The van der Waals surface area contributed by atoms with E-state index in [9.17, 15) is 18.4 Å². The number of hydrogen-bond donors (Lipinski definition) is 2. The Bertz CT molecular complexity index is 1040. The average Bonchev–Trinajstić information content (AvgIpc) is 3.27. The maximum Gasteiger partial charge on any atom is 0.272 e. The van der Waals surface area contributed by atoms with Gasteiger partial charge in [0.15, 0.2) is 0 Å². The highest BCUT2D eigenvalue weighted by atomic mass is 19.3. The second kappa shape index (κ2) is 10.4. The third-order valence-corrected chi connectivity index (χ3v) is 7.07. The number of ketones is 1. The van der Waals surface area contributed by atoms with E-state index in [4.69, 9.17) is 9.47 Å². The Labute approximate surface area is 204 Å². The Morgan fingerprint density at radius 3 is 2.49 bits per heavy atom. The molecule has 2 aromatic carbocycles. The molecule has 0 spiro atoms. The molecule has 2 fully saturated rings. The van der Waals surface area contributed by atoms with E-state index in [1.807, 2.05) is 12.1 Å². The predicted molar refractivity (Wildman–Crippen MR) is 129 cm³/mol. The fraction of sp³-hybridized carbons (Fsp3) is 0.481. The minimum atomic E-state index is -2.96. The topological polar surface area (TPSA) is 76.7 Å². The smallest absolute Gasteiger partial charge is 0.272 e. The second-order valence-corrected chi connectivity index (χ2v) is 9.69. The number of rotatable bonds is 10. The summed E-state index contributed by atoms with van der Waals surface area (Å²) in [6.45, 7) is 1.88. The number of para-hydroxylation sites is 1. The average molecular weight is 487 g/mol. The van der Waals surface area contributed by atoms with E-state index in [1.165, 1.54) is 6.07 Å². The van der Waals surface area contributed by atoms with Crippen molar-refractivity contribution in [2.24, 2.45) is 11.3 Å². The lowest BCUT2D eigenvalue weighted by molar-refractivity contribution is -0.140. The molecule has 188 valence electrons. The lowest BCUT2D eigenvalue weighted by Crippen LogP contribution is -2.45. The van der Waals surface area contributed by atoms with E-state index in [0.717, 1.165) is 12.5 Å². The molecular weight excluding hydrogens is 454 g/mol. The van der Waals surface area contributed by atoms with Crippen LogP contribution in [0, 0.1) is 11.3 Å². The van der Waals surface area contributed by atoms with E-state index in [1.54, 1.807) is 37.4 Å². The predicted octanol–water partition coefficient (Wildman–Crippen LogP) is 4.95. The van der Waals surface area contributed by atoms with E-state index >= 15 is 0 Å². The highest BCUT2D eigenvalue weighted by Crippen LogP contribution is 2.39.